The molecule has 0 bridgehead atoms. The molecule has 9 nitrogen and oxygen atoms in total. The summed E-state index contributed by atoms with van der Waals surface area (Å²) in [6, 6.07) is -0.816. The molecule has 0 aromatic heterocycles. The Balaban J connectivity index is 2.24. The van der Waals surface area contributed by atoms with Gasteiger partial charge in [0, 0.05) is 6.42 Å². The number of carbonyl (C=O) groups is 1. The fourth-order valence-corrected chi connectivity index (χ4v) is 8.85. The number of hydrogen-bond acceptors (Lipinski definition) is 8. The lowest BCUT2D eigenvalue weighted by molar-refractivity contribution is -0.302. The van der Waals surface area contributed by atoms with Crippen LogP contribution in [0.4, 0.5) is 0 Å². The molecular weight excluding hydrogens is 851 g/mol. The van der Waals surface area contributed by atoms with E-state index in [4.69, 9.17) is 9.47 Å². The Labute approximate surface area is 417 Å². The van der Waals surface area contributed by atoms with E-state index in [1.54, 1.807) is 6.08 Å². The summed E-state index contributed by atoms with van der Waals surface area (Å²) in [6.45, 7) is 3.67. The number of hydrogen-bond donors (Lipinski definition) is 6. The number of nitrogens with one attached hydrogen (secondary N) is 1. The van der Waals surface area contributed by atoms with Crippen LogP contribution < -0.4 is 5.32 Å². The van der Waals surface area contributed by atoms with Gasteiger partial charge in [-0.3, -0.25) is 4.79 Å². The van der Waals surface area contributed by atoms with Crippen LogP contribution in [0.15, 0.2) is 60.8 Å². The van der Waals surface area contributed by atoms with E-state index in [1.807, 2.05) is 6.08 Å². The van der Waals surface area contributed by atoms with Gasteiger partial charge in [0.25, 0.3) is 0 Å². The SMILES string of the molecule is CC/C=C\C/C=C\C/C=C\C/C=C\CCCCCCCCC(=O)NC(COC1OC(CO)C(O)C(O)C1O)C(O)/C=C/CCCCCCCCCCCCCCCCCCCCCCCCCC. The van der Waals surface area contributed by atoms with Crippen LogP contribution in [0.25, 0.3) is 0 Å². The van der Waals surface area contributed by atoms with Gasteiger partial charge in [0.2, 0.25) is 5.91 Å². The van der Waals surface area contributed by atoms with Gasteiger partial charge >= 0.3 is 0 Å². The lowest BCUT2D eigenvalue weighted by Gasteiger charge is -2.40. The Bertz CT molecular complexity index is 1250. The summed E-state index contributed by atoms with van der Waals surface area (Å²) in [4.78, 5) is 13.0. The molecule has 9 heteroatoms. The molecule has 0 aliphatic carbocycles. The summed E-state index contributed by atoms with van der Waals surface area (Å²) in [6.07, 6.45) is 58.5. The van der Waals surface area contributed by atoms with Gasteiger partial charge < -0.3 is 40.3 Å². The van der Waals surface area contributed by atoms with Crippen molar-refractivity contribution in [3.8, 4) is 0 Å². The molecule has 396 valence electrons. The fraction of sp³-hybridized carbons (Fsp3) is 0.814. The minimum absolute atomic E-state index is 0.191. The minimum atomic E-state index is -1.57. The predicted octanol–water partition coefficient (Wildman–Crippen LogP) is 13.9. The van der Waals surface area contributed by atoms with E-state index in [0.29, 0.717) is 6.42 Å². The highest BCUT2D eigenvalue weighted by atomic mass is 16.7. The average Bonchev–Trinajstić information content (AvgIpc) is 3.34. The van der Waals surface area contributed by atoms with Gasteiger partial charge in [-0.25, -0.2) is 0 Å². The molecule has 7 unspecified atom stereocenters. The highest BCUT2D eigenvalue weighted by molar-refractivity contribution is 5.76. The Hall–Kier alpha value is -2.11. The van der Waals surface area contributed by atoms with E-state index in [-0.39, 0.29) is 12.5 Å². The van der Waals surface area contributed by atoms with Crippen molar-refractivity contribution >= 4 is 5.91 Å². The molecule has 0 radical (unpaired) electrons. The van der Waals surface area contributed by atoms with Crippen LogP contribution in [0.5, 0.6) is 0 Å². The van der Waals surface area contributed by atoms with Gasteiger partial charge in [0.15, 0.2) is 6.29 Å². The average molecular weight is 959 g/mol. The monoisotopic (exact) mass is 958 g/mol. The molecule has 1 aliphatic heterocycles. The molecule has 68 heavy (non-hydrogen) atoms. The van der Waals surface area contributed by atoms with E-state index in [0.717, 1.165) is 83.5 Å². The van der Waals surface area contributed by atoms with Gasteiger partial charge in [0.1, 0.15) is 24.4 Å². The molecule has 0 spiro atoms. The second kappa shape index (κ2) is 48.5. The van der Waals surface area contributed by atoms with Crippen molar-refractivity contribution in [1.82, 2.24) is 5.32 Å². The maximum Gasteiger partial charge on any atom is 0.220 e. The Morgan fingerprint density at radius 2 is 0.912 bits per heavy atom. The van der Waals surface area contributed by atoms with Crippen molar-refractivity contribution in [3.05, 3.63) is 60.8 Å². The standard InChI is InChI=1S/C59H107NO8/c1-3-5-7-9-11-13-15-17-19-21-23-24-25-26-27-28-29-31-32-34-36-38-40-42-44-46-48-53(62)52(51-67-59-58(66)57(65)56(64)54(50-61)68-59)60-55(63)49-47-45-43-41-39-37-35-33-30-22-20-18-16-14-12-10-8-6-4-2/h6,8,12,14,18,20,30,33,46,48,52-54,56-59,61-62,64-66H,3-5,7,9-11,13,15-17,19,21-29,31-32,34-45,47,49-51H2,1-2H3,(H,60,63)/b8-6-,14-12-,20-18-,33-30-,48-46+. The van der Waals surface area contributed by atoms with Crippen molar-refractivity contribution in [2.24, 2.45) is 0 Å². The zero-order valence-electron chi connectivity index (χ0n) is 43.9. The number of aliphatic hydroxyl groups is 5. The normalized spacial score (nSPS) is 20.0. The summed E-state index contributed by atoms with van der Waals surface area (Å²) in [5.74, 6) is -0.191. The number of allylic oxidation sites excluding steroid dienone is 9. The van der Waals surface area contributed by atoms with Crippen molar-refractivity contribution in [3.63, 3.8) is 0 Å². The van der Waals surface area contributed by atoms with Crippen molar-refractivity contribution in [1.29, 1.82) is 0 Å². The molecule has 1 amide bonds. The Morgan fingerprint density at radius 3 is 1.35 bits per heavy atom. The molecule has 1 rings (SSSR count). The molecule has 6 N–H and O–H groups in total. The second-order valence-corrected chi connectivity index (χ2v) is 19.7. The van der Waals surface area contributed by atoms with Crippen LogP contribution in [0.3, 0.4) is 0 Å². The van der Waals surface area contributed by atoms with Gasteiger partial charge in [-0.2, -0.15) is 0 Å². The summed E-state index contributed by atoms with van der Waals surface area (Å²) in [5, 5.41) is 54.5. The third-order valence-corrected chi connectivity index (χ3v) is 13.3. The molecule has 1 fully saturated rings. The van der Waals surface area contributed by atoms with Crippen molar-refractivity contribution in [2.75, 3.05) is 13.2 Å². The quantitative estimate of drug-likeness (QED) is 0.0261. The van der Waals surface area contributed by atoms with E-state index < -0.39 is 49.5 Å². The van der Waals surface area contributed by atoms with Crippen LogP contribution in [0.2, 0.25) is 0 Å². The smallest absolute Gasteiger partial charge is 0.220 e. The van der Waals surface area contributed by atoms with Crippen LogP contribution in [-0.2, 0) is 14.3 Å². The summed E-state index contributed by atoms with van der Waals surface area (Å²) in [7, 11) is 0. The lowest BCUT2D eigenvalue weighted by atomic mass is 9.99. The molecule has 1 aliphatic rings. The second-order valence-electron chi connectivity index (χ2n) is 19.7. The number of ether oxygens (including phenoxy) is 2. The van der Waals surface area contributed by atoms with E-state index in [2.05, 4.69) is 67.8 Å². The first-order valence-electron chi connectivity index (χ1n) is 28.5. The number of rotatable bonds is 48. The number of unbranched alkanes of at least 4 members (excludes halogenated alkanes) is 30. The molecule has 7 atom stereocenters. The zero-order chi connectivity index (χ0) is 49.4. The predicted molar refractivity (Wildman–Crippen MR) is 286 cm³/mol. The fourth-order valence-electron chi connectivity index (χ4n) is 8.85. The van der Waals surface area contributed by atoms with Gasteiger partial charge in [-0.1, -0.05) is 248 Å². The molecule has 0 aromatic carbocycles. The van der Waals surface area contributed by atoms with Gasteiger partial charge in [-0.05, 0) is 57.8 Å². The van der Waals surface area contributed by atoms with Crippen molar-refractivity contribution < 1.29 is 39.8 Å². The highest BCUT2D eigenvalue weighted by Gasteiger charge is 2.44. The Morgan fingerprint density at radius 1 is 0.515 bits per heavy atom. The van der Waals surface area contributed by atoms with E-state index in [9.17, 15) is 30.3 Å². The van der Waals surface area contributed by atoms with Crippen LogP contribution in [-0.4, -0.2) is 87.5 Å². The molecule has 1 heterocycles. The first-order valence-corrected chi connectivity index (χ1v) is 28.5. The lowest BCUT2D eigenvalue weighted by Crippen LogP contribution is -2.60. The van der Waals surface area contributed by atoms with Crippen LogP contribution in [0, 0.1) is 0 Å². The molecular formula is C59H107NO8. The van der Waals surface area contributed by atoms with Crippen LogP contribution in [0.1, 0.15) is 251 Å². The third-order valence-electron chi connectivity index (χ3n) is 13.3. The zero-order valence-corrected chi connectivity index (χ0v) is 43.9. The van der Waals surface area contributed by atoms with E-state index >= 15 is 0 Å². The maximum absolute atomic E-state index is 13.0. The molecule has 0 aromatic rings. The topological polar surface area (TPSA) is 149 Å². The first kappa shape index (κ1) is 63.9. The first-order chi connectivity index (χ1) is 33.3. The minimum Gasteiger partial charge on any atom is -0.394 e. The Kier molecular flexibility index (Phi) is 45.6. The number of amides is 1. The van der Waals surface area contributed by atoms with E-state index in [1.165, 1.54) is 148 Å². The highest BCUT2D eigenvalue weighted by Crippen LogP contribution is 2.23. The van der Waals surface area contributed by atoms with Gasteiger partial charge in [-0.15, -0.1) is 0 Å². The van der Waals surface area contributed by atoms with Crippen LogP contribution >= 0.6 is 0 Å². The largest absolute Gasteiger partial charge is 0.394 e. The summed E-state index contributed by atoms with van der Waals surface area (Å²) in [5.41, 5.74) is 0. The maximum atomic E-state index is 13.0. The number of carbonyl (C=O) groups excluding carboxylic acids is 1. The number of aliphatic hydroxyl groups excluding tert-OH is 5. The molecule has 1 saturated heterocycles. The van der Waals surface area contributed by atoms with Gasteiger partial charge in [0.05, 0.1) is 25.4 Å². The third kappa shape index (κ3) is 37.7. The summed E-state index contributed by atoms with van der Waals surface area (Å²) >= 11 is 0. The van der Waals surface area contributed by atoms with Crippen molar-refractivity contribution in [2.45, 2.75) is 294 Å². The molecule has 0 saturated carbocycles. The summed E-state index contributed by atoms with van der Waals surface area (Å²) < 4.78 is 11.3.